The van der Waals surface area contributed by atoms with E-state index in [1.54, 1.807) is 7.11 Å². The maximum atomic E-state index is 5.78. The molecule has 0 aliphatic carbocycles. The van der Waals surface area contributed by atoms with Crippen LogP contribution in [0.25, 0.3) is 11.2 Å². The van der Waals surface area contributed by atoms with Gasteiger partial charge in [-0.2, -0.15) is 4.98 Å². The molecule has 6 nitrogen and oxygen atoms in total. The number of hydrogen-bond donors (Lipinski definition) is 1. The van der Waals surface area contributed by atoms with Crippen LogP contribution in [0.2, 0.25) is 0 Å². The quantitative estimate of drug-likeness (QED) is 0.863. The van der Waals surface area contributed by atoms with Crippen LogP contribution in [0, 0.1) is 4.77 Å². The molecular formula is C13H18N4O2S. The van der Waals surface area contributed by atoms with Crippen molar-refractivity contribution in [2.45, 2.75) is 38.3 Å². The Morgan fingerprint density at radius 1 is 1.50 bits per heavy atom. The van der Waals surface area contributed by atoms with Gasteiger partial charge in [0.1, 0.15) is 11.8 Å². The number of hydrogen-bond acceptors (Lipinski definition) is 5. The van der Waals surface area contributed by atoms with Crippen molar-refractivity contribution in [3.8, 4) is 5.88 Å². The highest BCUT2D eigenvalue weighted by Gasteiger charge is 2.31. The molecular weight excluding hydrogens is 276 g/mol. The Morgan fingerprint density at radius 2 is 2.30 bits per heavy atom. The van der Waals surface area contributed by atoms with Crippen LogP contribution in [0.3, 0.4) is 0 Å². The number of rotatable bonds is 2. The number of ether oxygens (including phenoxy) is 2. The van der Waals surface area contributed by atoms with Crippen molar-refractivity contribution in [1.29, 1.82) is 0 Å². The minimum Gasteiger partial charge on any atom is -0.479 e. The van der Waals surface area contributed by atoms with Gasteiger partial charge in [0, 0.05) is 12.6 Å². The molecule has 108 valence electrons. The zero-order valence-corrected chi connectivity index (χ0v) is 12.7. The number of H-pyrrole nitrogens is 1. The van der Waals surface area contributed by atoms with E-state index in [2.05, 4.69) is 33.4 Å². The molecule has 1 atom stereocenters. The van der Waals surface area contributed by atoms with E-state index in [-0.39, 0.29) is 11.6 Å². The van der Waals surface area contributed by atoms with Crippen LogP contribution >= 0.6 is 12.2 Å². The second-order valence-corrected chi connectivity index (χ2v) is 6.02. The summed E-state index contributed by atoms with van der Waals surface area (Å²) >= 11 is 5.46. The molecule has 2 aromatic rings. The summed E-state index contributed by atoms with van der Waals surface area (Å²) in [5.74, 6) is 0.520. The molecule has 7 heteroatoms. The Kier molecular flexibility index (Phi) is 3.25. The predicted molar refractivity (Wildman–Crippen MR) is 77.6 cm³/mol. The standard InChI is InChI=1S/C13H18N4O2S/c1-13(2)6-8(4-5-19-13)17-10-9(16-12(17)20)11(18-3)15-7-14-10/h7-8H,4-6H2,1-3H3,(H,16,20). The molecule has 3 heterocycles. The van der Waals surface area contributed by atoms with Gasteiger partial charge >= 0.3 is 0 Å². The Labute approximate surface area is 122 Å². The molecule has 20 heavy (non-hydrogen) atoms. The molecule has 1 aliphatic heterocycles. The molecule has 0 aromatic carbocycles. The van der Waals surface area contributed by atoms with E-state index >= 15 is 0 Å². The van der Waals surface area contributed by atoms with E-state index in [1.165, 1.54) is 6.33 Å². The van der Waals surface area contributed by atoms with Crippen LogP contribution in [0.5, 0.6) is 5.88 Å². The number of methoxy groups -OCH3 is 1. The molecule has 0 spiro atoms. The number of aromatic amines is 1. The minimum absolute atomic E-state index is 0.140. The van der Waals surface area contributed by atoms with Crippen LogP contribution < -0.4 is 4.74 Å². The Bertz CT molecular complexity index is 691. The first-order valence-corrected chi connectivity index (χ1v) is 7.06. The second kappa shape index (κ2) is 4.82. The third-order valence-electron chi connectivity index (χ3n) is 3.70. The van der Waals surface area contributed by atoms with E-state index in [0.29, 0.717) is 10.7 Å². The first kappa shape index (κ1) is 13.5. The average molecular weight is 294 g/mol. The van der Waals surface area contributed by atoms with Gasteiger partial charge in [0.05, 0.1) is 12.7 Å². The van der Waals surface area contributed by atoms with Crippen molar-refractivity contribution in [2.24, 2.45) is 0 Å². The summed E-state index contributed by atoms with van der Waals surface area (Å²) in [5.41, 5.74) is 1.41. The third-order valence-corrected chi connectivity index (χ3v) is 4.00. The highest BCUT2D eigenvalue weighted by Crippen LogP contribution is 2.34. The van der Waals surface area contributed by atoms with Crippen molar-refractivity contribution < 1.29 is 9.47 Å². The van der Waals surface area contributed by atoms with Crippen molar-refractivity contribution in [1.82, 2.24) is 19.5 Å². The lowest BCUT2D eigenvalue weighted by molar-refractivity contribution is -0.0687. The van der Waals surface area contributed by atoms with Gasteiger partial charge in [-0.05, 0) is 38.9 Å². The van der Waals surface area contributed by atoms with Gasteiger partial charge in [-0.3, -0.25) is 4.57 Å². The molecule has 1 aliphatic rings. The molecule has 0 saturated carbocycles. The van der Waals surface area contributed by atoms with Crippen LogP contribution in [0.15, 0.2) is 6.33 Å². The van der Waals surface area contributed by atoms with E-state index < -0.39 is 0 Å². The van der Waals surface area contributed by atoms with Gasteiger partial charge in [-0.1, -0.05) is 0 Å². The lowest BCUT2D eigenvalue weighted by Crippen LogP contribution is -2.35. The Morgan fingerprint density at radius 3 is 3.00 bits per heavy atom. The topological polar surface area (TPSA) is 65.0 Å². The summed E-state index contributed by atoms with van der Waals surface area (Å²) in [7, 11) is 1.59. The minimum atomic E-state index is -0.140. The van der Waals surface area contributed by atoms with E-state index in [0.717, 1.165) is 30.6 Å². The van der Waals surface area contributed by atoms with Crippen molar-refractivity contribution >= 4 is 23.4 Å². The number of fused-ring (bicyclic) bond motifs is 1. The first-order chi connectivity index (χ1) is 9.52. The fourth-order valence-electron chi connectivity index (χ4n) is 2.83. The molecule has 0 bridgehead atoms. The highest BCUT2D eigenvalue weighted by atomic mass is 32.1. The Balaban J connectivity index is 2.12. The molecule has 1 N–H and O–H groups in total. The summed E-state index contributed by atoms with van der Waals surface area (Å²) in [4.78, 5) is 11.6. The van der Waals surface area contributed by atoms with Crippen LogP contribution in [0.1, 0.15) is 32.7 Å². The molecule has 1 saturated heterocycles. The second-order valence-electron chi connectivity index (χ2n) is 5.64. The molecule has 0 amide bonds. The summed E-state index contributed by atoms with van der Waals surface area (Å²) in [6, 6.07) is 0.277. The summed E-state index contributed by atoms with van der Waals surface area (Å²) in [6.45, 7) is 4.94. The third kappa shape index (κ3) is 2.20. The molecule has 1 fully saturated rings. The zero-order chi connectivity index (χ0) is 14.3. The first-order valence-electron chi connectivity index (χ1n) is 6.65. The number of aromatic nitrogens is 4. The average Bonchev–Trinajstić information content (AvgIpc) is 2.73. The van der Waals surface area contributed by atoms with E-state index in [9.17, 15) is 0 Å². The molecule has 3 rings (SSSR count). The van der Waals surface area contributed by atoms with Crippen molar-refractivity contribution in [2.75, 3.05) is 13.7 Å². The van der Waals surface area contributed by atoms with Crippen molar-refractivity contribution in [3.63, 3.8) is 0 Å². The predicted octanol–water partition coefficient (Wildman–Crippen LogP) is 2.63. The lowest BCUT2D eigenvalue weighted by atomic mass is 9.94. The fraction of sp³-hybridized carbons (Fsp3) is 0.615. The maximum absolute atomic E-state index is 5.78. The van der Waals surface area contributed by atoms with Gasteiger partial charge in [-0.25, -0.2) is 4.98 Å². The van der Waals surface area contributed by atoms with Crippen molar-refractivity contribution in [3.05, 3.63) is 11.1 Å². The lowest BCUT2D eigenvalue weighted by Gasteiger charge is -2.36. The normalized spacial score (nSPS) is 22.1. The Hall–Kier alpha value is -1.47. The van der Waals surface area contributed by atoms with Gasteiger partial charge in [0.2, 0.25) is 5.88 Å². The largest absolute Gasteiger partial charge is 0.479 e. The van der Waals surface area contributed by atoms with Gasteiger partial charge in [-0.15, -0.1) is 0 Å². The zero-order valence-electron chi connectivity index (χ0n) is 11.8. The monoisotopic (exact) mass is 294 g/mol. The number of nitrogens with zero attached hydrogens (tertiary/aromatic N) is 3. The van der Waals surface area contributed by atoms with E-state index in [1.807, 2.05) is 0 Å². The SMILES string of the molecule is COc1ncnc2c1[nH]c(=S)n2C1CCOC(C)(C)C1. The van der Waals surface area contributed by atoms with E-state index in [4.69, 9.17) is 21.7 Å². The maximum Gasteiger partial charge on any atom is 0.242 e. The number of nitrogens with one attached hydrogen (secondary N) is 1. The van der Waals surface area contributed by atoms with Gasteiger partial charge in [0.25, 0.3) is 0 Å². The molecule has 0 radical (unpaired) electrons. The number of imidazole rings is 1. The van der Waals surface area contributed by atoms with Gasteiger partial charge < -0.3 is 14.5 Å². The molecule has 1 unspecified atom stereocenters. The smallest absolute Gasteiger partial charge is 0.242 e. The summed E-state index contributed by atoms with van der Waals surface area (Å²) < 4.78 is 13.8. The summed E-state index contributed by atoms with van der Waals surface area (Å²) in [5, 5.41) is 0. The van der Waals surface area contributed by atoms with Crippen LogP contribution in [-0.4, -0.2) is 38.8 Å². The fourth-order valence-corrected chi connectivity index (χ4v) is 3.17. The summed E-state index contributed by atoms with van der Waals surface area (Å²) in [6.07, 6.45) is 3.34. The van der Waals surface area contributed by atoms with Gasteiger partial charge in [0.15, 0.2) is 10.4 Å². The van der Waals surface area contributed by atoms with Crippen LogP contribution in [-0.2, 0) is 4.74 Å². The van der Waals surface area contributed by atoms with Crippen LogP contribution in [0.4, 0.5) is 0 Å². The highest BCUT2D eigenvalue weighted by molar-refractivity contribution is 7.71. The molecule has 2 aromatic heterocycles.